The summed E-state index contributed by atoms with van der Waals surface area (Å²) in [5, 5.41) is 4.97. The van der Waals surface area contributed by atoms with Crippen LogP contribution in [0.25, 0.3) is 0 Å². The molecule has 0 radical (unpaired) electrons. The van der Waals surface area contributed by atoms with Gasteiger partial charge in [-0.2, -0.15) is 5.10 Å². The SMILES string of the molecule is C[C@H]1CCc2sc(C(=O)N/N=C\c3c(Cl)cccc3Cl)cc2C1. The first-order chi connectivity index (χ1) is 11.0. The first-order valence-corrected chi connectivity index (χ1v) is 9.01. The van der Waals surface area contributed by atoms with Crippen LogP contribution < -0.4 is 5.43 Å². The molecule has 1 N–H and O–H groups in total. The molecule has 0 aliphatic heterocycles. The molecular formula is C17H16Cl2N2OS. The van der Waals surface area contributed by atoms with Crippen molar-refractivity contribution in [3.05, 3.63) is 55.2 Å². The predicted octanol–water partition coefficient (Wildman–Crippen LogP) is 4.94. The van der Waals surface area contributed by atoms with Gasteiger partial charge in [-0.1, -0.05) is 36.2 Å². The maximum absolute atomic E-state index is 12.2. The third-order valence-corrected chi connectivity index (χ3v) is 5.81. The summed E-state index contributed by atoms with van der Waals surface area (Å²) < 4.78 is 0. The summed E-state index contributed by atoms with van der Waals surface area (Å²) >= 11 is 13.7. The zero-order chi connectivity index (χ0) is 16.4. The minimum absolute atomic E-state index is 0.198. The van der Waals surface area contributed by atoms with Gasteiger partial charge in [0.05, 0.1) is 21.1 Å². The Labute approximate surface area is 149 Å². The number of carbonyl (C=O) groups is 1. The van der Waals surface area contributed by atoms with E-state index in [0.717, 1.165) is 12.8 Å². The number of benzene rings is 1. The van der Waals surface area contributed by atoms with Crippen molar-refractivity contribution in [1.82, 2.24) is 5.43 Å². The van der Waals surface area contributed by atoms with Crippen LogP contribution in [-0.2, 0) is 12.8 Å². The first-order valence-electron chi connectivity index (χ1n) is 7.43. The zero-order valence-electron chi connectivity index (χ0n) is 12.6. The summed E-state index contributed by atoms with van der Waals surface area (Å²) in [4.78, 5) is 14.2. The van der Waals surface area contributed by atoms with Crippen LogP contribution in [0.4, 0.5) is 0 Å². The molecule has 3 nitrogen and oxygen atoms in total. The summed E-state index contributed by atoms with van der Waals surface area (Å²) in [5.74, 6) is 0.491. The molecule has 0 unspecified atom stereocenters. The van der Waals surface area contributed by atoms with Crippen molar-refractivity contribution in [1.29, 1.82) is 0 Å². The fourth-order valence-electron chi connectivity index (χ4n) is 2.66. The number of nitrogens with one attached hydrogen (secondary N) is 1. The van der Waals surface area contributed by atoms with Crippen molar-refractivity contribution >= 4 is 46.7 Å². The third kappa shape index (κ3) is 3.77. The number of aryl methyl sites for hydroxylation is 1. The van der Waals surface area contributed by atoms with Crippen molar-refractivity contribution in [2.75, 3.05) is 0 Å². The van der Waals surface area contributed by atoms with Crippen LogP contribution >= 0.6 is 34.5 Å². The topological polar surface area (TPSA) is 41.5 Å². The minimum Gasteiger partial charge on any atom is -0.266 e. The van der Waals surface area contributed by atoms with Crippen LogP contribution in [-0.4, -0.2) is 12.1 Å². The molecular weight excluding hydrogens is 351 g/mol. The van der Waals surface area contributed by atoms with E-state index >= 15 is 0 Å². The number of rotatable bonds is 3. The van der Waals surface area contributed by atoms with Gasteiger partial charge in [0.25, 0.3) is 5.91 Å². The van der Waals surface area contributed by atoms with Gasteiger partial charge < -0.3 is 0 Å². The number of hydrogen-bond donors (Lipinski definition) is 1. The highest BCUT2D eigenvalue weighted by Crippen LogP contribution is 2.32. The molecule has 1 heterocycles. The largest absolute Gasteiger partial charge is 0.281 e. The Hall–Kier alpha value is -1.36. The molecule has 1 aromatic carbocycles. The van der Waals surface area contributed by atoms with E-state index in [1.807, 2.05) is 6.07 Å². The van der Waals surface area contributed by atoms with E-state index in [1.54, 1.807) is 29.5 Å². The number of halogens is 2. The van der Waals surface area contributed by atoms with Crippen molar-refractivity contribution < 1.29 is 4.79 Å². The predicted molar refractivity (Wildman–Crippen MR) is 97.0 cm³/mol. The quantitative estimate of drug-likeness (QED) is 0.606. The molecule has 0 saturated carbocycles. The number of thiophene rings is 1. The Kier molecular flexibility index (Phi) is 5.05. The number of amides is 1. The normalized spacial score (nSPS) is 17.3. The van der Waals surface area contributed by atoms with E-state index < -0.39 is 0 Å². The Morgan fingerprint density at radius 3 is 2.87 bits per heavy atom. The van der Waals surface area contributed by atoms with Crippen LogP contribution in [0.5, 0.6) is 0 Å². The van der Waals surface area contributed by atoms with Crippen molar-refractivity contribution in [3.8, 4) is 0 Å². The van der Waals surface area contributed by atoms with Crippen LogP contribution in [0.15, 0.2) is 29.4 Å². The fourth-order valence-corrected chi connectivity index (χ4v) is 4.26. The van der Waals surface area contributed by atoms with E-state index in [-0.39, 0.29) is 5.91 Å². The van der Waals surface area contributed by atoms with Gasteiger partial charge in [0, 0.05) is 10.4 Å². The minimum atomic E-state index is -0.198. The van der Waals surface area contributed by atoms with Gasteiger partial charge in [-0.3, -0.25) is 4.79 Å². The zero-order valence-corrected chi connectivity index (χ0v) is 14.9. The lowest BCUT2D eigenvalue weighted by atomic mass is 9.90. The van der Waals surface area contributed by atoms with Gasteiger partial charge >= 0.3 is 0 Å². The number of hydrogen-bond acceptors (Lipinski definition) is 3. The van der Waals surface area contributed by atoms with Crippen LogP contribution in [0.1, 0.15) is 39.0 Å². The van der Waals surface area contributed by atoms with Crippen LogP contribution in [0.3, 0.4) is 0 Å². The molecule has 0 fully saturated rings. The fraction of sp³-hybridized carbons (Fsp3) is 0.294. The molecule has 1 aliphatic rings. The molecule has 3 rings (SSSR count). The standard InChI is InChI=1S/C17H16Cl2N2OS/c1-10-5-6-15-11(7-10)8-16(23-15)17(22)21-20-9-12-13(18)3-2-4-14(12)19/h2-4,8-10H,5-7H2,1H3,(H,21,22)/b20-9-/t10-/m0/s1. The number of carbonyl (C=O) groups excluding carboxylic acids is 1. The summed E-state index contributed by atoms with van der Waals surface area (Å²) in [6.45, 7) is 2.25. The number of hydrazone groups is 1. The molecule has 0 spiro atoms. The van der Waals surface area contributed by atoms with Gasteiger partial charge in [-0.25, -0.2) is 5.43 Å². The van der Waals surface area contributed by atoms with Gasteiger partial charge in [-0.05, 0) is 48.9 Å². The Morgan fingerprint density at radius 1 is 1.39 bits per heavy atom. The van der Waals surface area contributed by atoms with E-state index in [4.69, 9.17) is 23.2 Å². The van der Waals surface area contributed by atoms with E-state index in [9.17, 15) is 4.79 Å². The van der Waals surface area contributed by atoms with Crippen LogP contribution in [0.2, 0.25) is 10.0 Å². The van der Waals surface area contributed by atoms with Crippen molar-refractivity contribution in [2.45, 2.75) is 26.2 Å². The second kappa shape index (κ2) is 7.04. The van der Waals surface area contributed by atoms with Gasteiger partial charge in [0.1, 0.15) is 0 Å². The second-order valence-electron chi connectivity index (χ2n) is 5.74. The van der Waals surface area contributed by atoms with Gasteiger partial charge in [0.15, 0.2) is 0 Å². The molecule has 2 aromatic rings. The molecule has 1 aliphatic carbocycles. The van der Waals surface area contributed by atoms with Gasteiger partial charge in [-0.15, -0.1) is 11.3 Å². The van der Waals surface area contributed by atoms with Gasteiger partial charge in [0.2, 0.25) is 0 Å². The molecule has 120 valence electrons. The molecule has 1 aromatic heterocycles. The molecule has 0 saturated heterocycles. The lowest BCUT2D eigenvalue weighted by Crippen LogP contribution is -2.16. The number of fused-ring (bicyclic) bond motifs is 1. The highest BCUT2D eigenvalue weighted by Gasteiger charge is 2.20. The Morgan fingerprint density at radius 2 is 2.13 bits per heavy atom. The molecule has 1 atom stereocenters. The summed E-state index contributed by atoms with van der Waals surface area (Å²) in [5.41, 5.74) is 4.44. The Bertz CT molecular complexity index is 750. The first kappa shape index (κ1) is 16.5. The lowest BCUT2D eigenvalue weighted by Gasteiger charge is -2.16. The number of nitrogens with zero attached hydrogens (tertiary/aromatic N) is 1. The maximum Gasteiger partial charge on any atom is 0.281 e. The van der Waals surface area contributed by atoms with E-state index in [2.05, 4.69) is 17.5 Å². The smallest absolute Gasteiger partial charge is 0.266 e. The lowest BCUT2D eigenvalue weighted by molar-refractivity contribution is 0.0959. The molecule has 0 bridgehead atoms. The average Bonchev–Trinajstić information content (AvgIpc) is 2.93. The molecule has 1 amide bonds. The highest BCUT2D eigenvalue weighted by molar-refractivity contribution is 7.14. The van der Waals surface area contributed by atoms with Crippen molar-refractivity contribution in [2.24, 2.45) is 11.0 Å². The maximum atomic E-state index is 12.2. The second-order valence-corrected chi connectivity index (χ2v) is 7.69. The molecule has 23 heavy (non-hydrogen) atoms. The van der Waals surface area contributed by atoms with E-state index in [1.165, 1.54) is 23.1 Å². The summed E-state index contributed by atoms with van der Waals surface area (Å²) in [6.07, 6.45) is 4.78. The summed E-state index contributed by atoms with van der Waals surface area (Å²) in [6, 6.07) is 7.21. The monoisotopic (exact) mass is 366 g/mol. The van der Waals surface area contributed by atoms with E-state index in [0.29, 0.717) is 26.4 Å². The summed E-state index contributed by atoms with van der Waals surface area (Å²) in [7, 11) is 0. The van der Waals surface area contributed by atoms with Crippen LogP contribution in [0, 0.1) is 5.92 Å². The third-order valence-electron chi connectivity index (χ3n) is 3.91. The van der Waals surface area contributed by atoms with Crippen molar-refractivity contribution in [3.63, 3.8) is 0 Å². The Balaban J connectivity index is 1.69. The highest BCUT2D eigenvalue weighted by atomic mass is 35.5. The average molecular weight is 367 g/mol. The molecule has 6 heteroatoms.